The van der Waals surface area contributed by atoms with Gasteiger partial charge in [-0.15, -0.1) is 5.10 Å². The van der Waals surface area contributed by atoms with Crippen molar-refractivity contribution in [2.45, 2.75) is 38.6 Å². The molecule has 1 unspecified atom stereocenters. The first kappa shape index (κ1) is 16.1. The number of carbonyl (C=O) groups excluding carboxylic acids is 1. The van der Waals surface area contributed by atoms with Gasteiger partial charge in [0.2, 0.25) is 5.91 Å². The molecule has 2 rings (SSSR count). The van der Waals surface area contributed by atoms with E-state index in [2.05, 4.69) is 27.8 Å². The highest BCUT2D eigenvalue weighted by Crippen LogP contribution is 2.08. The van der Waals surface area contributed by atoms with E-state index >= 15 is 0 Å². The van der Waals surface area contributed by atoms with Crippen molar-refractivity contribution < 1.29 is 4.79 Å². The molecule has 1 atom stereocenters. The molecule has 0 aliphatic carbocycles. The van der Waals surface area contributed by atoms with Crippen molar-refractivity contribution in [3.05, 3.63) is 36.2 Å². The van der Waals surface area contributed by atoms with E-state index < -0.39 is 0 Å². The second kappa shape index (κ2) is 8.23. The van der Waals surface area contributed by atoms with Crippen molar-refractivity contribution in [2.75, 3.05) is 6.54 Å². The number of tetrazole rings is 1. The molecule has 0 saturated heterocycles. The minimum Gasteiger partial charge on any atom is -0.352 e. The molecule has 22 heavy (non-hydrogen) atoms. The highest BCUT2D eigenvalue weighted by atomic mass is 16.1. The van der Waals surface area contributed by atoms with Crippen molar-refractivity contribution in [3.8, 4) is 5.69 Å². The Balaban J connectivity index is 1.88. The number of amides is 1. The van der Waals surface area contributed by atoms with Crippen molar-refractivity contribution in [1.29, 1.82) is 0 Å². The maximum Gasteiger partial charge on any atom is 0.224 e. The van der Waals surface area contributed by atoms with Gasteiger partial charge in [0, 0.05) is 12.6 Å². The lowest BCUT2D eigenvalue weighted by atomic mass is 10.1. The van der Waals surface area contributed by atoms with Gasteiger partial charge >= 0.3 is 0 Å². The number of nitrogens with zero attached hydrogens (tertiary/aromatic N) is 4. The monoisotopic (exact) mass is 302 g/mol. The molecular formula is C15H22N6O. The van der Waals surface area contributed by atoms with Crippen LogP contribution in [0.4, 0.5) is 0 Å². The van der Waals surface area contributed by atoms with Gasteiger partial charge in [-0.2, -0.15) is 0 Å². The van der Waals surface area contributed by atoms with E-state index in [0.29, 0.717) is 13.0 Å². The van der Waals surface area contributed by atoms with Gasteiger partial charge in [0.15, 0.2) is 0 Å². The summed E-state index contributed by atoms with van der Waals surface area (Å²) in [6.07, 6.45) is 4.98. The Bertz CT molecular complexity index is 566. The number of rotatable bonds is 8. The summed E-state index contributed by atoms with van der Waals surface area (Å²) in [5.41, 5.74) is 7.50. The maximum atomic E-state index is 12.1. The van der Waals surface area contributed by atoms with E-state index in [1.807, 2.05) is 24.3 Å². The highest BCUT2D eigenvalue weighted by molar-refractivity contribution is 5.78. The summed E-state index contributed by atoms with van der Waals surface area (Å²) in [7, 11) is 0. The zero-order valence-corrected chi connectivity index (χ0v) is 12.8. The van der Waals surface area contributed by atoms with Crippen LogP contribution in [-0.2, 0) is 11.2 Å². The quantitative estimate of drug-likeness (QED) is 0.753. The molecule has 0 saturated carbocycles. The van der Waals surface area contributed by atoms with Crippen LogP contribution in [0.3, 0.4) is 0 Å². The largest absolute Gasteiger partial charge is 0.352 e. The Morgan fingerprint density at radius 1 is 1.36 bits per heavy atom. The van der Waals surface area contributed by atoms with Crippen LogP contribution in [0.1, 0.15) is 31.7 Å². The topological polar surface area (TPSA) is 98.7 Å². The predicted octanol–water partition coefficient (Wildman–Crippen LogP) is 0.839. The van der Waals surface area contributed by atoms with E-state index in [4.69, 9.17) is 5.73 Å². The summed E-state index contributed by atoms with van der Waals surface area (Å²) in [5.74, 6) is 0.00160. The Morgan fingerprint density at radius 3 is 2.73 bits per heavy atom. The molecule has 1 aromatic heterocycles. The molecule has 0 spiro atoms. The average Bonchev–Trinajstić information content (AvgIpc) is 3.06. The molecule has 7 heteroatoms. The Hall–Kier alpha value is -2.28. The van der Waals surface area contributed by atoms with Crippen LogP contribution in [0.15, 0.2) is 30.6 Å². The first-order chi connectivity index (χ1) is 10.7. The van der Waals surface area contributed by atoms with Gasteiger partial charge in [0.1, 0.15) is 6.33 Å². The summed E-state index contributed by atoms with van der Waals surface area (Å²) in [6.45, 7) is 2.60. The third-order valence-electron chi connectivity index (χ3n) is 3.47. The number of hydrogen-bond donors (Lipinski definition) is 2. The molecule has 0 radical (unpaired) electrons. The van der Waals surface area contributed by atoms with E-state index in [1.165, 1.54) is 6.33 Å². The lowest BCUT2D eigenvalue weighted by molar-refractivity contribution is -0.121. The number of hydrogen-bond acceptors (Lipinski definition) is 5. The molecule has 3 N–H and O–H groups in total. The molecule has 118 valence electrons. The summed E-state index contributed by atoms with van der Waals surface area (Å²) in [5, 5.41) is 14.0. The van der Waals surface area contributed by atoms with Crippen LogP contribution in [-0.4, -0.2) is 38.7 Å². The number of carbonyl (C=O) groups is 1. The van der Waals surface area contributed by atoms with Crippen LogP contribution in [0.5, 0.6) is 0 Å². The number of nitrogens with two attached hydrogens (primary N) is 1. The molecule has 0 aliphatic heterocycles. The number of benzene rings is 1. The third-order valence-corrected chi connectivity index (χ3v) is 3.47. The average molecular weight is 302 g/mol. The lowest BCUT2D eigenvalue weighted by Gasteiger charge is -2.16. The summed E-state index contributed by atoms with van der Waals surface area (Å²) in [4.78, 5) is 12.1. The second-order valence-corrected chi connectivity index (χ2v) is 5.24. The van der Waals surface area contributed by atoms with Crippen molar-refractivity contribution >= 4 is 5.91 Å². The first-order valence-corrected chi connectivity index (χ1v) is 7.54. The molecule has 0 aliphatic rings. The molecule has 1 aromatic carbocycles. The Kier molecular flexibility index (Phi) is 6.02. The van der Waals surface area contributed by atoms with Crippen LogP contribution < -0.4 is 11.1 Å². The van der Waals surface area contributed by atoms with Crippen LogP contribution >= 0.6 is 0 Å². The van der Waals surface area contributed by atoms with E-state index in [1.54, 1.807) is 4.68 Å². The molecule has 1 heterocycles. The fraction of sp³-hybridized carbons (Fsp3) is 0.467. The third kappa shape index (κ3) is 4.63. The molecule has 7 nitrogen and oxygen atoms in total. The normalized spacial score (nSPS) is 12.1. The molecule has 2 aromatic rings. The fourth-order valence-electron chi connectivity index (χ4n) is 2.21. The Morgan fingerprint density at radius 2 is 2.14 bits per heavy atom. The van der Waals surface area contributed by atoms with E-state index in [-0.39, 0.29) is 11.9 Å². The standard InChI is InChI=1S/C15H22N6O/c1-2-3-4-13(10-16)18-15(22)9-12-5-7-14(8-6-12)21-11-17-19-20-21/h5-8,11,13H,2-4,9-10,16H2,1H3,(H,18,22). The predicted molar refractivity (Wildman–Crippen MR) is 83.4 cm³/mol. The minimum absolute atomic E-state index is 0.00160. The minimum atomic E-state index is 0.00160. The van der Waals surface area contributed by atoms with Crippen molar-refractivity contribution in [3.63, 3.8) is 0 Å². The summed E-state index contributed by atoms with van der Waals surface area (Å²) >= 11 is 0. The number of unbranched alkanes of at least 4 members (excludes halogenated alkanes) is 1. The van der Waals surface area contributed by atoms with Gasteiger partial charge in [-0.1, -0.05) is 31.9 Å². The number of nitrogens with one attached hydrogen (secondary N) is 1. The first-order valence-electron chi connectivity index (χ1n) is 7.54. The Labute approximate surface area is 129 Å². The van der Waals surface area contributed by atoms with Crippen molar-refractivity contribution in [1.82, 2.24) is 25.5 Å². The fourth-order valence-corrected chi connectivity index (χ4v) is 2.21. The van der Waals surface area contributed by atoms with Gasteiger partial charge in [-0.3, -0.25) is 4.79 Å². The van der Waals surface area contributed by atoms with Crippen LogP contribution in [0.25, 0.3) is 5.69 Å². The lowest BCUT2D eigenvalue weighted by Crippen LogP contribution is -2.40. The zero-order chi connectivity index (χ0) is 15.8. The smallest absolute Gasteiger partial charge is 0.224 e. The van der Waals surface area contributed by atoms with Crippen LogP contribution in [0.2, 0.25) is 0 Å². The second-order valence-electron chi connectivity index (χ2n) is 5.24. The summed E-state index contributed by atoms with van der Waals surface area (Å²) < 4.78 is 1.57. The van der Waals surface area contributed by atoms with Gasteiger partial charge in [0.25, 0.3) is 0 Å². The molecular weight excluding hydrogens is 280 g/mol. The van der Waals surface area contributed by atoms with Gasteiger partial charge in [-0.25, -0.2) is 4.68 Å². The molecule has 0 fully saturated rings. The molecule has 0 bridgehead atoms. The highest BCUT2D eigenvalue weighted by Gasteiger charge is 2.10. The maximum absolute atomic E-state index is 12.1. The van der Waals surface area contributed by atoms with Gasteiger partial charge in [-0.05, 0) is 34.5 Å². The number of aromatic nitrogens is 4. The van der Waals surface area contributed by atoms with Crippen LogP contribution in [0, 0.1) is 0 Å². The van der Waals surface area contributed by atoms with Gasteiger partial charge in [0.05, 0.1) is 12.1 Å². The van der Waals surface area contributed by atoms with E-state index in [0.717, 1.165) is 30.5 Å². The zero-order valence-electron chi connectivity index (χ0n) is 12.8. The van der Waals surface area contributed by atoms with E-state index in [9.17, 15) is 4.79 Å². The summed E-state index contributed by atoms with van der Waals surface area (Å²) in [6, 6.07) is 7.64. The molecule has 1 amide bonds. The van der Waals surface area contributed by atoms with Crippen molar-refractivity contribution in [2.24, 2.45) is 5.73 Å². The van der Waals surface area contributed by atoms with Gasteiger partial charge < -0.3 is 11.1 Å². The SMILES string of the molecule is CCCCC(CN)NC(=O)Cc1ccc(-n2cnnn2)cc1.